The summed E-state index contributed by atoms with van der Waals surface area (Å²) in [5, 5.41) is 21.1. The molecule has 1 aromatic carbocycles. The van der Waals surface area contributed by atoms with Gasteiger partial charge in [-0.3, -0.25) is 4.79 Å². The van der Waals surface area contributed by atoms with Crippen LogP contribution < -0.4 is 5.32 Å². The topological polar surface area (TPSA) is 95.9 Å². The number of carbonyl (C=O) groups excluding carboxylic acids is 1. The molecule has 102 valence electrons. The van der Waals surface area contributed by atoms with Gasteiger partial charge >= 0.3 is 5.97 Å². The number of rotatable bonds is 3. The van der Waals surface area contributed by atoms with Gasteiger partial charge in [0.25, 0.3) is 5.91 Å². The van der Waals surface area contributed by atoms with Crippen LogP contribution in [0.2, 0.25) is 0 Å². The molecule has 1 heterocycles. The fourth-order valence-corrected chi connectivity index (χ4v) is 1.98. The van der Waals surface area contributed by atoms with E-state index in [9.17, 15) is 14.7 Å². The lowest BCUT2D eigenvalue weighted by molar-refractivity contribution is -0.130. The molecule has 0 aliphatic carbocycles. The van der Waals surface area contributed by atoms with Gasteiger partial charge < -0.3 is 20.3 Å². The van der Waals surface area contributed by atoms with Gasteiger partial charge in [0, 0.05) is 6.61 Å². The van der Waals surface area contributed by atoms with Gasteiger partial charge in [0.2, 0.25) is 0 Å². The van der Waals surface area contributed by atoms with Crippen molar-refractivity contribution in [3.63, 3.8) is 0 Å². The Morgan fingerprint density at radius 3 is 2.74 bits per heavy atom. The molecular formula is C13H15NO5. The second-order valence-electron chi connectivity index (χ2n) is 4.35. The number of phenols is 1. The predicted molar refractivity (Wildman–Crippen MR) is 67.3 cm³/mol. The number of carbonyl (C=O) groups is 2. The highest BCUT2D eigenvalue weighted by Crippen LogP contribution is 2.28. The molecule has 1 atom stereocenters. The molecule has 1 unspecified atom stereocenters. The number of aromatic carboxylic acids is 1. The number of nitrogens with one attached hydrogen (secondary N) is 1. The number of benzene rings is 1. The van der Waals surface area contributed by atoms with Crippen LogP contribution in [-0.4, -0.2) is 34.8 Å². The third-order valence-corrected chi connectivity index (χ3v) is 3.00. The lowest BCUT2D eigenvalue weighted by atomic mass is 10.1. The van der Waals surface area contributed by atoms with E-state index in [0.29, 0.717) is 13.0 Å². The quantitative estimate of drug-likeness (QED) is 0.721. The van der Waals surface area contributed by atoms with E-state index in [1.807, 2.05) is 0 Å². The van der Waals surface area contributed by atoms with Crippen LogP contribution in [0, 0.1) is 0 Å². The zero-order chi connectivity index (χ0) is 13.8. The molecule has 19 heavy (non-hydrogen) atoms. The fraction of sp³-hybridized carbons (Fsp3) is 0.385. The van der Waals surface area contributed by atoms with Gasteiger partial charge in [-0.25, -0.2) is 4.79 Å². The number of hydrogen-bond donors (Lipinski definition) is 3. The van der Waals surface area contributed by atoms with Crippen LogP contribution in [0.1, 0.15) is 29.6 Å². The molecule has 0 saturated carbocycles. The molecule has 1 amide bonds. The molecule has 2 rings (SSSR count). The molecule has 6 nitrogen and oxygen atoms in total. The van der Waals surface area contributed by atoms with Crippen molar-refractivity contribution in [2.24, 2.45) is 0 Å². The summed E-state index contributed by atoms with van der Waals surface area (Å²) in [5.41, 5.74) is -0.165. The van der Waals surface area contributed by atoms with Gasteiger partial charge in [0.05, 0.1) is 5.69 Å². The summed E-state index contributed by atoms with van der Waals surface area (Å²) in [6.45, 7) is 0.541. The van der Waals surface area contributed by atoms with E-state index >= 15 is 0 Å². The van der Waals surface area contributed by atoms with E-state index in [0.717, 1.165) is 12.8 Å². The van der Waals surface area contributed by atoms with E-state index in [1.54, 1.807) is 0 Å². The third-order valence-electron chi connectivity index (χ3n) is 3.00. The van der Waals surface area contributed by atoms with Gasteiger partial charge in [0.15, 0.2) is 5.75 Å². The highest BCUT2D eigenvalue weighted by molar-refractivity contribution is 5.99. The molecule has 3 N–H and O–H groups in total. The first kappa shape index (κ1) is 13.4. The molecule has 0 radical (unpaired) electrons. The number of carboxylic acid groups (broad SMARTS) is 1. The number of ether oxygens (including phenoxy) is 1. The van der Waals surface area contributed by atoms with Crippen LogP contribution in [0.25, 0.3) is 0 Å². The Labute approximate surface area is 110 Å². The summed E-state index contributed by atoms with van der Waals surface area (Å²) in [6, 6.07) is 4.17. The normalized spacial score (nSPS) is 18.8. The lowest BCUT2D eigenvalue weighted by Crippen LogP contribution is -2.33. The summed E-state index contributed by atoms with van der Waals surface area (Å²) >= 11 is 0. The van der Waals surface area contributed by atoms with Gasteiger partial charge in [-0.15, -0.1) is 0 Å². The molecule has 0 bridgehead atoms. The summed E-state index contributed by atoms with van der Waals surface area (Å²) in [4.78, 5) is 22.8. The lowest BCUT2D eigenvalue weighted by Gasteiger charge is -2.22. The molecule has 6 heteroatoms. The second-order valence-corrected chi connectivity index (χ2v) is 4.35. The van der Waals surface area contributed by atoms with Crippen molar-refractivity contribution in [3.05, 3.63) is 23.8 Å². The summed E-state index contributed by atoms with van der Waals surface area (Å²) in [5.74, 6) is -2.06. The first-order valence-electron chi connectivity index (χ1n) is 6.07. The maximum atomic E-state index is 11.9. The van der Waals surface area contributed by atoms with E-state index in [1.165, 1.54) is 18.2 Å². The van der Waals surface area contributed by atoms with Crippen LogP contribution in [0.5, 0.6) is 5.75 Å². The maximum Gasteiger partial charge on any atom is 0.339 e. The standard InChI is InChI=1S/C13H15NO5/c15-11-8(13(17)18)4-3-5-9(11)14-12(16)10-6-1-2-7-19-10/h3-5,10,15H,1-2,6-7H2,(H,14,16)(H,17,18). The van der Waals surface area contributed by atoms with E-state index in [4.69, 9.17) is 9.84 Å². The third kappa shape index (κ3) is 3.03. The Morgan fingerprint density at radius 1 is 1.32 bits per heavy atom. The summed E-state index contributed by atoms with van der Waals surface area (Å²) < 4.78 is 5.32. The Morgan fingerprint density at radius 2 is 2.11 bits per heavy atom. The molecule has 1 aliphatic rings. The van der Waals surface area contributed by atoms with Crippen molar-refractivity contribution in [1.29, 1.82) is 0 Å². The molecule has 1 aromatic rings. The molecule has 1 aliphatic heterocycles. The van der Waals surface area contributed by atoms with Crippen LogP contribution >= 0.6 is 0 Å². The Kier molecular flexibility index (Phi) is 4.01. The Balaban J connectivity index is 2.12. The van der Waals surface area contributed by atoms with Crippen molar-refractivity contribution in [3.8, 4) is 5.75 Å². The van der Waals surface area contributed by atoms with Crippen LogP contribution in [0.3, 0.4) is 0 Å². The minimum Gasteiger partial charge on any atom is -0.505 e. The second kappa shape index (κ2) is 5.71. The minimum atomic E-state index is -1.25. The first-order valence-corrected chi connectivity index (χ1v) is 6.07. The van der Waals surface area contributed by atoms with E-state index in [2.05, 4.69) is 5.32 Å². The number of aromatic hydroxyl groups is 1. The monoisotopic (exact) mass is 265 g/mol. The molecule has 1 fully saturated rings. The highest BCUT2D eigenvalue weighted by Gasteiger charge is 2.23. The van der Waals surface area contributed by atoms with Crippen molar-refractivity contribution in [1.82, 2.24) is 0 Å². The van der Waals surface area contributed by atoms with Gasteiger partial charge in [0.1, 0.15) is 11.7 Å². The molecule has 0 aromatic heterocycles. The van der Waals surface area contributed by atoms with E-state index in [-0.39, 0.29) is 17.2 Å². The largest absolute Gasteiger partial charge is 0.505 e. The zero-order valence-corrected chi connectivity index (χ0v) is 10.3. The van der Waals surface area contributed by atoms with Gasteiger partial charge in [-0.1, -0.05) is 6.07 Å². The molecule has 1 saturated heterocycles. The fourth-order valence-electron chi connectivity index (χ4n) is 1.98. The SMILES string of the molecule is O=C(O)c1cccc(NC(=O)C2CCCCO2)c1O. The number of carboxylic acids is 1. The number of amides is 1. The van der Waals surface area contributed by atoms with Crippen molar-refractivity contribution in [2.45, 2.75) is 25.4 Å². The smallest absolute Gasteiger partial charge is 0.339 e. The molecule has 0 spiro atoms. The van der Waals surface area contributed by atoms with Crippen molar-refractivity contribution in [2.75, 3.05) is 11.9 Å². The zero-order valence-electron chi connectivity index (χ0n) is 10.3. The molecular weight excluding hydrogens is 250 g/mol. The number of anilines is 1. The van der Waals surface area contributed by atoms with E-state index < -0.39 is 17.8 Å². The Hall–Kier alpha value is -2.08. The maximum absolute atomic E-state index is 11.9. The highest BCUT2D eigenvalue weighted by atomic mass is 16.5. The van der Waals surface area contributed by atoms with Crippen molar-refractivity contribution >= 4 is 17.6 Å². The number of para-hydroxylation sites is 1. The average molecular weight is 265 g/mol. The van der Waals surface area contributed by atoms with Crippen LogP contribution in [-0.2, 0) is 9.53 Å². The number of hydrogen-bond acceptors (Lipinski definition) is 4. The minimum absolute atomic E-state index is 0.0825. The predicted octanol–water partition coefficient (Wildman–Crippen LogP) is 1.60. The van der Waals surface area contributed by atoms with Crippen LogP contribution in [0.15, 0.2) is 18.2 Å². The summed E-state index contributed by atoms with van der Waals surface area (Å²) in [7, 11) is 0. The summed E-state index contributed by atoms with van der Waals surface area (Å²) in [6.07, 6.45) is 1.94. The average Bonchev–Trinajstić information content (AvgIpc) is 2.41. The van der Waals surface area contributed by atoms with Crippen LogP contribution in [0.4, 0.5) is 5.69 Å². The first-order chi connectivity index (χ1) is 9.09. The van der Waals surface area contributed by atoms with Gasteiger partial charge in [-0.05, 0) is 31.4 Å². The van der Waals surface area contributed by atoms with Gasteiger partial charge in [-0.2, -0.15) is 0 Å². The van der Waals surface area contributed by atoms with Crippen molar-refractivity contribution < 1.29 is 24.5 Å². The Bertz CT molecular complexity index is 494.